The Labute approximate surface area is 134 Å². The van der Waals surface area contributed by atoms with Crippen LogP contribution in [0.25, 0.3) is 0 Å². The van der Waals surface area contributed by atoms with Crippen molar-refractivity contribution >= 4 is 23.2 Å². The number of phenols is 1. The highest BCUT2D eigenvalue weighted by Gasteiger charge is 2.07. The number of benzene rings is 2. The lowest BCUT2D eigenvalue weighted by molar-refractivity contribution is 0.175. The Bertz CT molecular complexity index is 605. The van der Waals surface area contributed by atoms with E-state index in [1.54, 1.807) is 24.3 Å². The van der Waals surface area contributed by atoms with E-state index in [1.165, 1.54) is 0 Å². The minimum atomic E-state index is -0.591. The lowest BCUT2D eigenvalue weighted by atomic mass is 10.1. The topological polar surface area (TPSA) is 52.5 Å². The first-order chi connectivity index (χ1) is 10.1. The molecule has 2 aromatic rings. The third-order valence-electron chi connectivity index (χ3n) is 3.17. The molecule has 0 radical (unpaired) electrons. The van der Waals surface area contributed by atoms with Crippen LogP contribution in [0, 0.1) is 0 Å². The summed E-state index contributed by atoms with van der Waals surface area (Å²) < 4.78 is 0. The number of halogens is 2. The maximum atomic E-state index is 10.0. The van der Waals surface area contributed by atoms with Crippen LogP contribution in [0.2, 0.25) is 10.0 Å². The molecule has 0 aromatic heterocycles. The van der Waals surface area contributed by atoms with Crippen molar-refractivity contribution in [3.63, 3.8) is 0 Å². The zero-order valence-corrected chi connectivity index (χ0v) is 12.9. The van der Waals surface area contributed by atoms with Crippen molar-refractivity contribution in [2.45, 2.75) is 12.5 Å². The molecule has 3 nitrogen and oxygen atoms in total. The van der Waals surface area contributed by atoms with Gasteiger partial charge in [0.1, 0.15) is 5.75 Å². The van der Waals surface area contributed by atoms with E-state index >= 15 is 0 Å². The van der Waals surface area contributed by atoms with Gasteiger partial charge in [0.25, 0.3) is 0 Å². The van der Waals surface area contributed by atoms with Crippen LogP contribution in [-0.4, -0.2) is 23.3 Å². The summed E-state index contributed by atoms with van der Waals surface area (Å²) in [6.45, 7) is 1.16. The number of hydrogen-bond donors (Lipinski definition) is 3. The first-order valence-corrected chi connectivity index (χ1v) is 7.43. The van der Waals surface area contributed by atoms with Crippen molar-refractivity contribution in [2.24, 2.45) is 0 Å². The van der Waals surface area contributed by atoms with Crippen molar-refractivity contribution < 1.29 is 10.2 Å². The Morgan fingerprint density at radius 3 is 2.62 bits per heavy atom. The lowest BCUT2D eigenvalue weighted by Gasteiger charge is -2.12. The number of phenolic OH excluding ortho intramolecular Hbond substituents is 1. The van der Waals surface area contributed by atoms with E-state index in [0.29, 0.717) is 23.1 Å². The maximum Gasteiger partial charge on any atom is 0.134 e. The van der Waals surface area contributed by atoms with E-state index in [0.717, 1.165) is 17.5 Å². The predicted octanol–water partition coefficient (Wildman–Crippen LogP) is 3.56. The van der Waals surface area contributed by atoms with Crippen molar-refractivity contribution in [1.82, 2.24) is 5.32 Å². The first-order valence-electron chi connectivity index (χ1n) is 6.68. The summed E-state index contributed by atoms with van der Waals surface area (Å²) in [5.41, 5.74) is 1.82. The summed E-state index contributed by atoms with van der Waals surface area (Å²) in [7, 11) is 0. The Morgan fingerprint density at radius 1 is 1.10 bits per heavy atom. The molecular weight excluding hydrogens is 309 g/mol. The van der Waals surface area contributed by atoms with Crippen LogP contribution in [0.15, 0.2) is 42.5 Å². The van der Waals surface area contributed by atoms with E-state index in [2.05, 4.69) is 5.32 Å². The van der Waals surface area contributed by atoms with Crippen LogP contribution < -0.4 is 5.32 Å². The Kier molecular flexibility index (Phi) is 5.88. The van der Waals surface area contributed by atoms with Crippen LogP contribution in [0.4, 0.5) is 0 Å². The normalized spacial score (nSPS) is 12.3. The van der Waals surface area contributed by atoms with Crippen LogP contribution in [0.5, 0.6) is 5.75 Å². The van der Waals surface area contributed by atoms with Gasteiger partial charge in [-0.15, -0.1) is 0 Å². The smallest absolute Gasteiger partial charge is 0.134 e. The standard InChI is InChI=1S/C16H17Cl2NO2/c17-13-3-1-2-12(9-13)16(21)10-19-7-6-11-4-5-15(20)14(18)8-11/h1-5,8-9,16,19-21H,6-7,10H2/t16-/m0/s1. The largest absolute Gasteiger partial charge is 0.506 e. The Morgan fingerprint density at radius 2 is 1.90 bits per heavy atom. The fourth-order valence-corrected chi connectivity index (χ4v) is 2.41. The highest BCUT2D eigenvalue weighted by atomic mass is 35.5. The molecular formula is C16H17Cl2NO2. The minimum absolute atomic E-state index is 0.0877. The second-order valence-corrected chi connectivity index (χ2v) is 5.65. The second kappa shape index (κ2) is 7.66. The van der Waals surface area contributed by atoms with Gasteiger partial charge < -0.3 is 15.5 Å². The molecule has 0 saturated heterocycles. The maximum absolute atomic E-state index is 10.0. The van der Waals surface area contributed by atoms with Gasteiger partial charge in [0, 0.05) is 11.6 Å². The van der Waals surface area contributed by atoms with Gasteiger partial charge in [-0.05, 0) is 48.4 Å². The van der Waals surface area contributed by atoms with Crippen molar-refractivity contribution in [1.29, 1.82) is 0 Å². The monoisotopic (exact) mass is 325 g/mol. The summed E-state index contributed by atoms with van der Waals surface area (Å²) in [5.74, 6) is 0.0877. The molecule has 5 heteroatoms. The fourth-order valence-electron chi connectivity index (χ4n) is 2.01. The Balaban J connectivity index is 1.77. The average molecular weight is 326 g/mol. The quantitative estimate of drug-likeness (QED) is 0.712. The number of hydrogen-bond acceptors (Lipinski definition) is 3. The molecule has 0 aliphatic carbocycles. The third-order valence-corrected chi connectivity index (χ3v) is 3.71. The molecule has 0 amide bonds. The highest BCUT2D eigenvalue weighted by molar-refractivity contribution is 6.32. The molecule has 21 heavy (non-hydrogen) atoms. The SMILES string of the molecule is Oc1ccc(CCNC[C@H](O)c2cccc(Cl)c2)cc1Cl. The molecule has 0 aliphatic heterocycles. The van der Waals surface area contributed by atoms with Crippen LogP contribution in [0.1, 0.15) is 17.2 Å². The van der Waals surface area contributed by atoms with Gasteiger partial charge in [0.2, 0.25) is 0 Å². The van der Waals surface area contributed by atoms with Crippen molar-refractivity contribution in [3.05, 3.63) is 63.6 Å². The van der Waals surface area contributed by atoms with Gasteiger partial charge in [0.05, 0.1) is 11.1 Å². The van der Waals surface area contributed by atoms with Crippen LogP contribution in [0.3, 0.4) is 0 Å². The molecule has 0 saturated carbocycles. The summed E-state index contributed by atoms with van der Waals surface area (Å²) in [6, 6.07) is 12.4. The second-order valence-electron chi connectivity index (χ2n) is 4.81. The lowest BCUT2D eigenvalue weighted by Crippen LogP contribution is -2.23. The van der Waals surface area contributed by atoms with Gasteiger partial charge in [-0.3, -0.25) is 0 Å². The van der Waals surface area contributed by atoms with E-state index in [4.69, 9.17) is 23.2 Å². The molecule has 0 unspecified atom stereocenters. The fraction of sp³-hybridized carbons (Fsp3) is 0.250. The number of rotatable bonds is 6. The summed E-state index contributed by atoms with van der Waals surface area (Å²) in [5, 5.41) is 23.5. The van der Waals surface area contributed by atoms with Crippen LogP contribution >= 0.6 is 23.2 Å². The van der Waals surface area contributed by atoms with Crippen molar-refractivity contribution in [3.8, 4) is 5.75 Å². The number of aliphatic hydroxyl groups excluding tert-OH is 1. The Hall–Kier alpha value is -1.26. The molecule has 0 bridgehead atoms. The minimum Gasteiger partial charge on any atom is -0.506 e. The van der Waals surface area contributed by atoms with Crippen molar-refractivity contribution in [2.75, 3.05) is 13.1 Å². The zero-order chi connectivity index (χ0) is 15.2. The number of aliphatic hydroxyl groups is 1. The molecule has 2 aromatic carbocycles. The molecule has 0 spiro atoms. The van der Waals surface area contributed by atoms with Crippen LogP contribution in [-0.2, 0) is 6.42 Å². The zero-order valence-electron chi connectivity index (χ0n) is 11.4. The first kappa shape index (κ1) is 16.1. The van der Waals surface area contributed by atoms with Gasteiger partial charge >= 0.3 is 0 Å². The third kappa shape index (κ3) is 4.90. The van der Waals surface area contributed by atoms with E-state index in [-0.39, 0.29) is 5.75 Å². The number of aromatic hydroxyl groups is 1. The summed E-state index contributed by atoms with van der Waals surface area (Å²) >= 11 is 11.7. The highest BCUT2D eigenvalue weighted by Crippen LogP contribution is 2.23. The molecule has 0 heterocycles. The predicted molar refractivity (Wildman–Crippen MR) is 86.1 cm³/mol. The van der Waals surface area contributed by atoms with Gasteiger partial charge in [-0.25, -0.2) is 0 Å². The molecule has 2 rings (SSSR count). The molecule has 1 atom stereocenters. The van der Waals surface area contributed by atoms with Gasteiger partial charge in [-0.2, -0.15) is 0 Å². The average Bonchev–Trinajstić information content (AvgIpc) is 2.47. The van der Waals surface area contributed by atoms with E-state index in [9.17, 15) is 10.2 Å². The molecule has 0 fully saturated rings. The van der Waals surface area contributed by atoms with Gasteiger partial charge in [0.15, 0.2) is 0 Å². The summed E-state index contributed by atoms with van der Waals surface area (Å²) in [6.07, 6.45) is 0.175. The molecule has 3 N–H and O–H groups in total. The number of nitrogens with one attached hydrogen (secondary N) is 1. The molecule has 112 valence electrons. The molecule has 0 aliphatic rings. The summed E-state index contributed by atoms with van der Waals surface area (Å²) in [4.78, 5) is 0. The van der Waals surface area contributed by atoms with E-state index in [1.807, 2.05) is 18.2 Å². The van der Waals surface area contributed by atoms with Gasteiger partial charge in [-0.1, -0.05) is 41.4 Å². The van der Waals surface area contributed by atoms with E-state index < -0.39 is 6.10 Å².